The predicted molar refractivity (Wildman–Crippen MR) is 51.5 cm³/mol. The molecule has 1 aromatic carbocycles. The Balaban J connectivity index is 2.38. The van der Waals surface area contributed by atoms with Crippen LogP contribution in [-0.2, 0) is 11.3 Å². The Morgan fingerprint density at radius 3 is 2.92 bits per heavy atom. The highest BCUT2D eigenvalue weighted by Crippen LogP contribution is 2.26. The Bertz CT molecular complexity index is 347. The van der Waals surface area contributed by atoms with Crippen molar-refractivity contribution in [2.75, 3.05) is 7.11 Å². The summed E-state index contributed by atoms with van der Waals surface area (Å²) in [6.07, 6.45) is 0.811. The molecule has 13 heavy (non-hydrogen) atoms. The zero-order valence-electron chi connectivity index (χ0n) is 7.53. The molecule has 1 aliphatic rings. The van der Waals surface area contributed by atoms with Gasteiger partial charge in [0.1, 0.15) is 7.11 Å². The normalized spacial score (nSPS) is 23.2. The maximum absolute atomic E-state index is 5.97. The van der Waals surface area contributed by atoms with Gasteiger partial charge in [0, 0.05) is 6.42 Å². The maximum atomic E-state index is 5.97. The molecular weight excluding hydrogens is 164 g/mol. The second-order valence-corrected chi connectivity index (χ2v) is 3.12. The van der Waals surface area contributed by atoms with Gasteiger partial charge in [0.05, 0.1) is 11.8 Å². The van der Waals surface area contributed by atoms with Gasteiger partial charge in [0.15, 0.2) is 0 Å². The first kappa shape index (κ1) is 8.26. The second kappa shape index (κ2) is 3.18. The fourth-order valence-electron chi connectivity index (χ4n) is 1.69. The van der Waals surface area contributed by atoms with Gasteiger partial charge in [-0.1, -0.05) is 29.4 Å². The molecule has 68 valence electrons. The molecule has 0 fully saturated rings. The number of fused-ring (bicyclic) bond motifs is 1. The van der Waals surface area contributed by atoms with E-state index in [0.717, 1.165) is 12.1 Å². The highest BCUT2D eigenvalue weighted by atomic mass is 16.6. The van der Waals surface area contributed by atoms with Gasteiger partial charge >= 0.3 is 0 Å². The van der Waals surface area contributed by atoms with Gasteiger partial charge in [-0.05, 0) is 11.1 Å². The molecule has 1 aliphatic carbocycles. The summed E-state index contributed by atoms with van der Waals surface area (Å²) in [6.45, 7) is 0. The first-order valence-electron chi connectivity index (χ1n) is 4.26. The molecule has 0 heterocycles. The molecule has 0 aliphatic heterocycles. The van der Waals surface area contributed by atoms with Crippen molar-refractivity contribution in [2.45, 2.75) is 12.5 Å². The summed E-state index contributed by atoms with van der Waals surface area (Å²) in [6, 6.07) is 8.04. The van der Waals surface area contributed by atoms with Crippen molar-refractivity contribution in [2.24, 2.45) is 10.9 Å². The van der Waals surface area contributed by atoms with E-state index in [1.807, 2.05) is 18.2 Å². The van der Waals surface area contributed by atoms with E-state index in [2.05, 4.69) is 11.2 Å². The third kappa shape index (κ3) is 1.31. The van der Waals surface area contributed by atoms with E-state index in [4.69, 9.17) is 10.6 Å². The van der Waals surface area contributed by atoms with Gasteiger partial charge in [0.25, 0.3) is 0 Å². The molecule has 2 N–H and O–H groups in total. The van der Waals surface area contributed by atoms with Crippen LogP contribution in [0.5, 0.6) is 0 Å². The Hall–Kier alpha value is -1.35. The molecule has 1 aromatic rings. The maximum Gasteiger partial charge on any atom is 0.106 e. The van der Waals surface area contributed by atoms with Crippen LogP contribution in [0.15, 0.2) is 29.4 Å². The summed E-state index contributed by atoms with van der Waals surface area (Å²) in [4.78, 5) is 4.74. The molecule has 2 rings (SSSR count). The highest BCUT2D eigenvalue weighted by molar-refractivity contribution is 5.96. The zero-order chi connectivity index (χ0) is 9.26. The monoisotopic (exact) mass is 176 g/mol. The Labute approximate surface area is 77.2 Å². The van der Waals surface area contributed by atoms with Crippen LogP contribution in [0.4, 0.5) is 0 Å². The number of rotatable bonds is 1. The minimum atomic E-state index is -0.0869. The topological polar surface area (TPSA) is 47.6 Å². The molecule has 3 heteroatoms. The SMILES string of the molecule is CO/N=C1/Cc2ccccc2C1N. The lowest BCUT2D eigenvalue weighted by atomic mass is 10.1. The lowest BCUT2D eigenvalue weighted by Gasteiger charge is -2.03. The number of nitrogens with zero attached hydrogens (tertiary/aromatic N) is 1. The summed E-state index contributed by atoms with van der Waals surface area (Å²) < 4.78 is 0. The van der Waals surface area contributed by atoms with E-state index in [1.165, 1.54) is 11.1 Å². The zero-order valence-corrected chi connectivity index (χ0v) is 7.53. The summed E-state index contributed by atoms with van der Waals surface area (Å²) in [5.41, 5.74) is 9.29. The van der Waals surface area contributed by atoms with Crippen LogP contribution in [0.3, 0.4) is 0 Å². The molecule has 0 amide bonds. The van der Waals surface area contributed by atoms with Gasteiger partial charge in [0.2, 0.25) is 0 Å². The number of nitrogens with two attached hydrogens (primary N) is 1. The molecular formula is C10H12N2O. The Morgan fingerprint density at radius 2 is 2.23 bits per heavy atom. The lowest BCUT2D eigenvalue weighted by molar-refractivity contribution is 0.211. The van der Waals surface area contributed by atoms with Crippen LogP contribution in [0.25, 0.3) is 0 Å². The Kier molecular flexibility index (Phi) is 2.02. The molecule has 0 aromatic heterocycles. The van der Waals surface area contributed by atoms with Crippen LogP contribution in [0.2, 0.25) is 0 Å². The number of hydrogen-bond donors (Lipinski definition) is 1. The largest absolute Gasteiger partial charge is 0.399 e. The average Bonchev–Trinajstić information content (AvgIpc) is 2.46. The first-order valence-corrected chi connectivity index (χ1v) is 4.26. The van der Waals surface area contributed by atoms with Crippen LogP contribution in [0.1, 0.15) is 17.2 Å². The third-order valence-corrected chi connectivity index (χ3v) is 2.33. The van der Waals surface area contributed by atoms with Crippen LogP contribution >= 0.6 is 0 Å². The van der Waals surface area contributed by atoms with Crippen LogP contribution in [0, 0.1) is 0 Å². The fraction of sp³-hybridized carbons (Fsp3) is 0.300. The molecule has 0 saturated carbocycles. The highest BCUT2D eigenvalue weighted by Gasteiger charge is 2.25. The smallest absolute Gasteiger partial charge is 0.106 e. The van der Waals surface area contributed by atoms with Crippen molar-refractivity contribution in [1.29, 1.82) is 0 Å². The van der Waals surface area contributed by atoms with Gasteiger partial charge in [-0.2, -0.15) is 0 Å². The van der Waals surface area contributed by atoms with Crippen molar-refractivity contribution in [3.8, 4) is 0 Å². The standard InChI is InChI=1S/C10H12N2O/c1-13-12-9-6-7-4-2-3-5-8(7)10(9)11/h2-5,10H,6,11H2,1H3/b12-9-. The minimum absolute atomic E-state index is 0.0869. The Morgan fingerprint density at radius 1 is 1.46 bits per heavy atom. The van der Waals surface area contributed by atoms with E-state index < -0.39 is 0 Å². The molecule has 3 nitrogen and oxygen atoms in total. The van der Waals surface area contributed by atoms with Crippen molar-refractivity contribution in [1.82, 2.24) is 0 Å². The van der Waals surface area contributed by atoms with Gasteiger partial charge in [-0.15, -0.1) is 0 Å². The van der Waals surface area contributed by atoms with E-state index >= 15 is 0 Å². The number of hydrogen-bond acceptors (Lipinski definition) is 3. The molecule has 1 unspecified atom stereocenters. The van der Waals surface area contributed by atoms with E-state index in [1.54, 1.807) is 7.11 Å². The fourth-order valence-corrected chi connectivity index (χ4v) is 1.69. The quantitative estimate of drug-likeness (QED) is 0.654. The van der Waals surface area contributed by atoms with Gasteiger partial charge in [-0.25, -0.2) is 0 Å². The summed E-state index contributed by atoms with van der Waals surface area (Å²) in [5, 5.41) is 3.91. The van der Waals surface area contributed by atoms with Crippen LogP contribution < -0.4 is 5.73 Å². The van der Waals surface area contributed by atoms with E-state index in [9.17, 15) is 0 Å². The van der Waals surface area contributed by atoms with E-state index in [0.29, 0.717) is 0 Å². The van der Waals surface area contributed by atoms with Gasteiger partial charge in [-0.3, -0.25) is 0 Å². The molecule has 0 radical (unpaired) electrons. The average molecular weight is 176 g/mol. The molecule has 0 bridgehead atoms. The second-order valence-electron chi connectivity index (χ2n) is 3.12. The summed E-state index contributed by atoms with van der Waals surface area (Å²) >= 11 is 0. The van der Waals surface area contributed by atoms with Crippen molar-refractivity contribution < 1.29 is 4.84 Å². The molecule has 0 saturated heterocycles. The lowest BCUT2D eigenvalue weighted by Crippen LogP contribution is -2.16. The summed E-state index contributed by atoms with van der Waals surface area (Å²) in [7, 11) is 1.54. The summed E-state index contributed by atoms with van der Waals surface area (Å²) in [5.74, 6) is 0. The number of benzene rings is 1. The minimum Gasteiger partial charge on any atom is -0.399 e. The predicted octanol–water partition coefficient (Wildman–Crippen LogP) is 1.24. The van der Waals surface area contributed by atoms with Crippen molar-refractivity contribution in [3.05, 3.63) is 35.4 Å². The third-order valence-electron chi connectivity index (χ3n) is 2.33. The van der Waals surface area contributed by atoms with Crippen molar-refractivity contribution in [3.63, 3.8) is 0 Å². The molecule has 1 atom stereocenters. The van der Waals surface area contributed by atoms with Crippen LogP contribution in [-0.4, -0.2) is 12.8 Å². The van der Waals surface area contributed by atoms with Crippen molar-refractivity contribution >= 4 is 5.71 Å². The van der Waals surface area contributed by atoms with Gasteiger partial charge < -0.3 is 10.6 Å². The number of oxime groups is 1. The molecule has 0 spiro atoms. The first-order chi connectivity index (χ1) is 6.33. The van der Waals surface area contributed by atoms with E-state index in [-0.39, 0.29) is 6.04 Å².